The number of rotatable bonds is 6. The SMILES string of the molecule is CC.CC.CCc1cccc(CSC[C@H](N)C=O)n1. The number of thioether (sulfide) groups is 1. The van der Waals surface area contributed by atoms with E-state index >= 15 is 0 Å². The zero-order valence-corrected chi connectivity index (χ0v) is 13.7. The van der Waals surface area contributed by atoms with E-state index in [-0.39, 0.29) is 6.04 Å². The standard InChI is InChI=1S/C11H16N2OS.2C2H6/c1-2-10-4-3-5-11(13-10)8-15-7-9(12)6-14;2*1-2/h3-6,9H,2,7-8,12H2,1H3;2*1-2H3/t9-;;/m1../s1. The highest BCUT2D eigenvalue weighted by atomic mass is 32.2. The summed E-state index contributed by atoms with van der Waals surface area (Å²) in [4.78, 5) is 14.8. The van der Waals surface area contributed by atoms with Gasteiger partial charge in [-0.3, -0.25) is 4.98 Å². The summed E-state index contributed by atoms with van der Waals surface area (Å²) >= 11 is 1.64. The molecule has 1 atom stereocenters. The van der Waals surface area contributed by atoms with Crippen molar-refractivity contribution in [2.75, 3.05) is 5.75 Å². The lowest BCUT2D eigenvalue weighted by atomic mass is 10.3. The zero-order valence-electron chi connectivity index (χ0n) is 12.8. The molecule has 0 spiro atoms. The summed E-state index contributed by atoms with van der Waals surface area (Å²) in [7, 11) is 0. The lowest BCUT2D eigenvalue weighted by Gasteiger charge is -2.04. The molecule has 0 saturated heterocycles. The van der Waals surface area contributed by atoms with Gasteiger partial charge in [0.2, 0.25) is 0 Å². The molecule has 19 heavy (non-hydrogen) atoms. The largest absolute Gasteiger partial charge is 0.321 e. The van der Waals surface area contributed by atoms with Gasteiger partial charge in [-0.25, -0.2) is 0 Å². The number of hydrogen-bond acceptors (Lipinski definition) is 4. The van der Waals surface area contributed by atoms with E-state index in [4.69, 9.17) is 5.73 Å². The lowest BCUT2D eigenvalue weighted by molar-refractivity contribution is -0.108. The van der Waals surface area contributed by atoms with E-state index in [1.165, 1.54) is 0 Å². The normalized spacial score (nSPS) is 10.4. The van der Waals surface area contributed by atoms with Crippen LogP contribution in [0.2, 0.25) is 0 Å². The maximum atomic E-state index is 10.3. The van der Waals surface area contributed by atoms with Crippen LogP contribution in [0.25, 0.3) is 0 Å². The fourth-order valence-corrected chi connectivity index (χ4v) is 1.98. The minimum Gasteiger partial charge on any atom is -0.321 e. The number of aldehydes is 1. The molecule has 1 aromatic rings. The van der Waals surface area contributed by atoms with Crippen LogP contribution < -0.4 is 5.73 Å². The summed E-state index contributed by atoms with van der Waals surface area (Å²) in [5, 5.41) is 0. The molecule has 0 fully saturated rings. The number of nitrogens with two attached hydrogens (primary N) is 1. The molecule has 3 nitrogen and oxygen atoms in total. The van der Waals surface area contributed by atoms with Gasteiger partial charge in [-0.1, -0.05) is 40.7 Å². The molecular formula is C15H28N2OS. The number of carbonyl (C=O) groups is 1. The van der Waals surface area contributed by atoms with Crippen LogP contribution in [-0.2, 0) is 17.0 Å². The van der Waals surface area contributed by atoms with Crippen LogP contribution in [0.1, 0.15) is 46.0 Å². The van der Waals surface area contributed by atoms with Crippen molar-refractivity contribution in [2.45, 2.75) is 52.8 Å². The highest BCUT2D eigenvalue weighted by Crippen LogP contribution is 2.11. The molecular weight excluding hydrogens is 256 g/mol. The van der Waals surface area contributed by atoms with Gasteiger partial charge >= 0.3 is 0 Å². The van der Waals surface area contributed by atoms with Crippen LogP contribution in [-0.4, -0.2) is 23.1 Å². The molecule has 0 saturated carbocycles. The molecule has 2 N–H and O–H groups in total. The van der Waals surface area contributed by atoms with Crippen molar-refractivity contribution in [1.82, 2.24) is 4.98 Å². The average molecular weight is 284 g/mol. The quantitative estimate of drug-likeness (QED) is 0.813. The molecule has 110 valence electrons. The second-order valence-corrected chi connectivity index (χ2v) is 4.32. The first-order valence-corrected chi connectivity index (χ1v) is 8.15. The van der Waals surface area contributed by atoms with Crippen molar-refractivity contribution in [3.8, 4) is 0 Å². The van der Waals surface area contributed by atoms with Crippen molar-refractivity contribution < 1.29 is 4.79 Å². The summed E-state index contributed by atoms with van der Waals surface area (Å²) in [5.74, 6) is 1.47. The Morgan fingerprint density at radius 2 is 1.84 bits per heavy atom. The molecule has 0 bridgehead atoms. The highest BCUT2D eigenvalue weighted by Gasteiger charge is 2.01. The van der Waals surface area contributed by atoms with Crippen LogP contribution in [0.5, 0.6) is 0 Å². The van der Waals surface area contributed by atoms with Gasteiger partial charge in [0.15, 0.2) is 0 Å². The van der Waals surface area contributed by atoms with E-state index in [1.54, 1.807) is 11.8 Å². The van der Waals surface area contributed by atoms with E-state index in [2.05, 4.69) is 11.9 Å². The Bertz CT molecular complexity index is 319. The number of carbonyl (C=O) groups excluding carboxylic acids is 1. The maximum absolute atomic E-state index is 10.3. The third-order valence-electron chi connectivity index (χ3n) is 1.96. The van der Waals surface area contributed by atoms with Crippen LogP contribution >= 0.6 is 11.8 Å². The molecule has 1 heterocycles. The van der Waals surface area contributed by atoms with Gasteiger partial charge in [0.05, 0.1) is 11.7 Å². The van der Waals surface area contributed by atoms with Crippen LogP contribution in [0.4, 0.5) is 0 Å². The third kappa shape index (κ3) is 10.7. The number of hydrogen-bond donors (Lipinski definition) is 1. The smallest absolute Gasteiger partial charge is 0.137 e. The molecule has 0 aromatic carbocycles. The molecule has 0 amide bonds. The molecule has 0 unspecified atom stereocenters. The summed E-state index contributed by atoms with van der Waals surface area (Å²) in [5.41, 5.74) is 7.64. The van der Waals surface area contributed by atoms with Crippen molar-refractivity contribution in [2.24, 2.45) is 5.73 Å². The molecule has 4 heteroatoms. The zero-order chi connectivity index (χ0) is 15.1. The number of pyridine rings is 1. The summed E-state index contributed by atoms with van der Waals surface area (Å²) < 4.78 is 0. The third-order valence-corrected chi connectivity index (χ3v) is 3.08. The van der Waals surface area contributed by atoms with Crippen LogP contribution in [0.15, 0.2) is 18.2 Å². The number of aryl methyl sites for hydroxylation is 1. The summed E-state index contributed by atoms with van der Waals surface area (Å²) in [6.45, 7) is 10.1. The van der Waals surface area contributed by atoms with Crippen molar-refractivity contribution in [3.05, 3.63) is 29.6 Å². The van der Waals surface area contributed by atoms with Crippen molar-refractivity contribution in [1.29, 1.82) is 0 Å². The molecule has 1 rings (SSSR count). The van der Waals surface area contributed by atoms with Gasteiger partial charge in [-0.15, -0.1) is 0 Å². The Labute approximate surface area is 122 Å². The Morgan fingerprint density at radius 1 is 1.26 bits per heavy atom. The van der Waals surface area contributed by atoms with Gasteiger partial charge in [0.1, 0.15) is 6.29 Å². The van der Waals surface area contributed by atoms with Gasteiger partial charge in [-0.05, 0) is 18.6 Å². The monoisotopic (exact) mass is 284 g/mol. The maximum Gasteiger partial charge on any atom is 0.137 e. The summed E-state index contributed by atoms with van der Waals surface area (Å²) in [6, 6.07) is 5.68. The van der Waals surface area contributed by atoms with Crippen molar-refractivity contribution >= 4 is 18.0 Å². The van der Waals surface area contributed by atoms with Gasteiger partial charge in [-0.2, -0.15) is 11.8 Å². The number of aromatic nitrogens is 1. The van der Waals surface area contributed by atoms with E-state index in [0.29, 0.717) is 5.75 Å². The van der Waals surface area contributed by atoms with Crippen LogP contribution in [0, 0.1) is 0 Å². The fraction of sp³-hybridized carbons (Fsp3) is 0.600. The Balaban J connectivity index is 0. The predicted octanol–water partition coefficient (Wildman–Crippen LogP) is 3.46. The molecule has 0 radical (unpaired) electrons. The Morgan fingerprint density at radius 3 is 2.37 bits per heavy atom. The van der Waals surface area contributed by atoms with E-state index in [9.17, 15) is 4.79 Å². The topological polar surface area (TPSA) is 56.0 Å². The number of nitrogens with zero attached hydrogens (tertiary/aromatic N) is 1. The van der Waals surface area contributed by atoms with Crippen molar-refractivity contribution in [3.63, 3.8) is 0 Å². The van der Waals surface area contributed by atoms with Gasteiger partial charge in [0.25, 0.3) is 0 Å². The Kier molecular flexibility index (Phi) is 16.3. The fourth-order valence-electron chi connectivity index (χ4n) is 1.15. The lowest BCUT2D eigenvalue weighted by Crippen LogP contribution is -2.24. The summed E-state index contributed by atoms with van der Waals surface area (Å²) in [6.07, 6.45) is 1.73. The van der Waals surface area contributed by atoms with E-state index < -0.39 is 0 Å². The molecule has 1 aromatic heterocycles. The average Bonchev–Trinajstić information content (AvgIpc) is 2.51. The second kappa shape index (κ2) is 15.2. The molecule has 0 aliphatic rings. The minimum atomic E-state index is -0.357. The van der Waals surface area contributed by atoms with E-state index in [1.807, 2.05) is 45.9 Å². The molecule has 0 aliphatic heterocycles. The minimum absolute atomic E-state index is 0.357. The van der Waals surface area contributed by atoms with Gasteiger partial charge < -0.3 is 10.5 Å². The highest BCUT2D eigenvalue weighted by molar-refractivity contribution is 7.98. The Hall–Kier alpha value is -0.870. The van der Waals surface area contributed by atoms with Gasteiger partial charge in [0, 0.05) is 17.2 Å². The first kappa shape index (κ1) is 20.4. The second-order valence-electron chi connectivity index (χ2n) is 3.29. The van der Waals surface area contributed by atoms with Crippen LogP contribution in [0.3, 0.4) is 0 Å². The van der Waals surface area contributed by atoms with E-state index in [0.717, 1.165) is 29.8 Å². The first-order valence-electron chi connectivity index (χ1n) is 6.99. The first-order chi connectivity index (χ1) is 9.26. The molecule has 0 aliphatic carbocycles. The predicted molar refractivity (Wildman–Crippen MR) is 86.5 cm³/mol.